The first-order chi connectivity index (χ1) is 22.5. The molecule has 6 aliphatic rings. The first kappa shape index (κ1) is 31.9. The van der Waals surface area contributed by atoms with E-state index in [0.29, 0.717) is 31.0 Å². The number of fused-ring (bicyclic) bond motifs is 4. The van der Waals surface area contributed by atoms with Crippen LogP contribution in [0.15, 0.2) is 65.7 Å². The second-order valence-corrected chi connectivity index (χ2v) is 14.5. The summed E-state index contributed by atoms with van der Waals surface area (Å²) in [4.78, 5) is 0. The third-order valence-electron chi connectivity index (χ3n) is 12.2. The molecular weight excluding hydrogens is 576 g/mol. The molecular formula is C40H50O6. The number of allylic oxidation sites excluding steroid dienone is 2. The SMILES string of the molecule is CO.C[C@]12C[C@H](c3ccc(OC4CCCCO4)cc3)C3=C4CCC5(CC4CC[C@H]3C1CC[C@@]2(O)C#Cc1ccccc1)OCCO5. The highest BCUT2D eigenvalue weighted by Gasteiger charge is 2.63. The Bertz CT molecular complexity index is 1440. The van der Waals surface area contributed by atoms with Gasteiger partial charge >= 0.3 is 0 Å². The lowest BCUT2D eigenvalue weighted by atomic mass is 9.50. The van der Waals surface area contributed by atoms with E-state index in [-0.39, 0.29) is 23.4 Å². The van der Waals surface area contributed by atoms with Crippen LogP contribution in [-0.4, -0.2) is 54.8 Å². The second kappa shape index (κ2) is 13.1. The summed E-state index contributed by atoms with van der Waals surface area (Å²) in [6.07, 6.45) is 11.1. The molecule has 2 N–H and O–H groups in total. The van der Waals surface area contributed by atoms with Crippen LogP contribution >= 0.6 is 0 Å². The number of ether oxygens (including phenoxy) is 4. The fourth-order valence-corrected chi connectivity index (χ4v) is 9.93. The Balaban J connectivity index is 0.00000166. The Morgan fingerprint density at radius 2 is 1.63 bits per heavy atom. The van der Waals surface area contributed by atoms with Crippen molar-refractivity contribution in [2.24, 2.45) is 23.2 Å². The predicted molar refractivity (Wildman–Crippen MR) is 177 cm³/mol. The second-order valence-electron chi connectivity index (χ2n) is 14.5. The quantitative estimate of drug-likeness (QED) is 0.279. The highest BCUT2D eigenvalue weighted by Crippen LogP contribution is 2.67. The molecule has 3 unspecified atom stereocenters. The predicted octanol–water partition coefficient (Wildman–Crippen LogP) is 7.14. The van der Waals surface area contributed by atoms with E-state index in [1.54, 1.807) is 11.1 Å². The van der Waals surface area contributed by atoms with Crippen molar-refractivity contribution in [3.05, 3.63) is 76.9 Å². The van der Waals surface area contributed by atoms with Gasteiger partial charge < -0.3 is 29.2 Å². The fourth-order valence-electron chi connectivity index (χ4n) is 9.93. The average Bonchev–Trinajstić information content (AvgIpc) is 3.66. The third-order valence-corrected chi connectivity index (χ3v) is 12.2. The van der Waals surface area contributed by atoms with Crippen molar-refractivity contribution in [1.82, 2.24) is 0 Å². The summed E-state index contributed by atoms with van der Waals surface area (Å²) >= 11 is 0. The van der Waals surface area contributed by atoms with E-state index in [1.807, 2.05) is 30.3 Å². The van der Waals surface area contributed by atoms with E-state index in [2.05, 4.69) is 43.0 Å². The summed E-state index contributed by atoms with van der Waals surface area (Å²) in [6, 6.07) is 18.9. The molecule has 3 saturated carbocycles. The van der Waals surface area contributed by atoms with E-state index in [9.17, 15) is 5.11 Å². The fraction of sp³-hybridized carbons (Fsp3) is 0.600. The van der Waals surface area contributed by atoms with Crippen molar-refractivity contribution in [2.75, 3.05) is 26.9 Å². The molecule has 2 aromatic rings. The minimum Gasteiger partial charge on any atom is -0.465 e. The smallest absolute Gasteiger partial charge is 0.199 e. The molecule has 7 atom stereocenters. The van der Waals surface area contributed by atoms with Crippen molar-refractivity contribution in [1.29, 1.82) is 0 Å². The molecule has 8 rings (SSSR count). The van der Waals surface area contributed by atoms with Crippen molar-refractivity contribution in [3.63, 3.8) is 0 Å². The van der Waals surface area contributed by atoms with Gasteiger partial charge in [-0.15, -0.1) is 0 Å². The molecule has 5 fully saturated rings. The molecule has 0 bridgehead atoms. The number of aliphatic hydroxyl groups excluding tert-OH is 1. The summed E-state index contributed by atoms with van der Waals surface area (Å²) in [5, 5.41) is 19.4. The molecule has 0 aromatic heterocycles. The molecule has 2 aromatic carbocycles. The summed E-state index contributed by atoms with van der Waals surface area (Å²) in [5.41, 5.74) is 4.32. The van der Waals surface area contributed by atoms with Crippen molar-refractivity contribution < 1.29 is 29.2 Å². The van der Waals surface area contributed by atoms with Crippen LogP contribution in [0.2, 0.25) is 0 Å². The number of benzene rings is 2. The average molecular weight is 627 g/mol. The zero-order chi connectivity index (χ0) is 31.8. The normalized spacial score (nSPS) is 36.0. The lowest BCUT2D eigenvalue weighted by molar-refractivity contribution is -0.181. The summed E-state index contributed by atoms with van der Waals surface area (Å²) in [5.74, 6) is 8.98. The van der Waals surface area contributed by atoms with Gasteiger partial charge in [-0.2, -0.15) is 0 Å². The zero-order valence-corrected chi connectivity index (χ0v) is 27.5. The highest BCUT2D eigenvalue weighted by atomic mass is 16.7. The van der Waals surface area contributed by atoms with Gasteiger partial charge in [0.05, 0.1) is 19.8 Å². The largest absolute Gasteiger partial charge is 0.465 e. The van der Waals surface area contributed by atoms with Gasteiger partial charge in [0.15, 0.2) is 12.1 Å². The van der Waals surface area contributed by atoms with Gasteiger partial charge in [-0.05, 0) is 98.9 Å². The third kappa shape index (κ3) is 5.73. The molecule has 6 heteroatoms. The van der Waals surface area contributed by atoms with Crippen LogP contribution in [0.5, 0.6) is 5.75 Å². The van der Waals surface area contributed by atoms with E-state index in [4.69, 9.17) is 24.1 Å². The number of hydrogen-bond acceptors (Lipinski definition) is 6. The first-order valence-electron chi connectivity index (χ1n) is 17.6. The number of aliphatic hydroxyl groups is 2. The summed E-state index contributed by atoms with van der Waals surface area (Å²) in [6.45, 7) is 4.55. The minimum atomic E-state index is -1.01. The molecule has 2 heterocycles. The standard InChI is InChI=1S/C39H46O5.CH4O/c1-37-26-33(28-10-13-30(14-11-28)44-35-9-5-6-22-41-35)36-31-17-21-39(42-23-24-43-39)25-29(31)12-15-32(36)34(37)18-20-38(37,40)19-16-27-7-3-2-4-8-27;1-2/h2-4,7-8,10-11,13-14,29,32-35,40H,5-6,9,12,15,17-18,20-26H2,1H3;2H,1H3/t29?,32-,33+,34?,35?,37-,38-;/m0./s1. The van der Waals surface area contributed by atoms with Gasteiger partial charge in [0, 0.05) is 43.3 Å². The van der Waals surface area contributed by atoms with E-state index >= 15 is 0 Å². The van der Waals surface area contributed by atoms with Gasteiger partial charge in [-0.3, -0.25) is 0 Å². The summed E-state index contributed by atoms with van der Waals surface area (Å²) in [7, 11) is 1.00. The van der Waals surface area contributed by atoms with Crippen molar-refractivity contribution in [3.8, 4) is 17.6 Å². The van der Waals surface area contributed by atoms with Crippen molar-refractivity contribution in [2.45, 2.75) is 101 Å². The Morgan fingerprint density at radius 1 is 0.848 bits per heavy atom. The van der Waals surface area contributed by atoms with Gasteiger partial charge in [-0.25, -0.2) is 0 Å². The Morgan fingerprint density at radius 3 is 2.37 bits per heavy atom. The molecule has 2 saturated heterocycles. The highest BCUT2D eigenvalue weighted by molar-refractivity contribution is 5.45. The monoisotopic (exact) mass is 626 g/mol. The van der Waals surface area contributed by atoms with Crippen molar-refractivity contribution >= 4 is 0 Å². The van der Waals surface area contributed by atoms with Crippen LogP contribution in [0.25, 0.3) is 0 Å². The van der Waals surface area contributed by atoms with Gasteiger partial charge in [0.2, 0.25) is 0 Å². The zero-order valence-electron chi connectivity index (χ0n) is 27.5. The molecule has 0 radical (unpaired) electrons. The maximum Gasteiger partial charge on any atom is 0.199 e. The maximum atomic E-state index is 12.4. The van der Waals surface area contributed by atoms with Crippen LogP contribution in [-0.2, 0) is 14.2 Å². The lowest BCUT2D eigenvalue weighted by Gasteiger charge is -2.55. The van der Waals surface area contributed by atoms with E-state index in [1.165, 1.54) is 18.4 Å². The Hall–Kier alpha value is -2.66. The molecule has 4 aliphatic carbocycles. The van der Waals surface area contributed by atoms with E-state index < -0.39 is 5.60 Å². The first-order valence-corrected chi connectivity index (χ1v) is 17.6. The molecule has 1 spiro atoms. The van der Waals surface area contributed by atoms with Crippen LogP contribution in [0.4, 0.5) is 0 Å². The van der Waals surface area contributed by atoms with Crippen LogP contribution in [0.3, 0.4) is 0 Å². The lowest BCUT2D eigenvalue weighted by Crippen LogP contribution is -2.51. The van der Waals surface area contributed by atoms with Gasteiger partial charge in [-0.1, -0.05) is 60.2 Å². The Kier molecular flexibility index (Phi) is 9.08. The molecule has 246 valence electrons. The van der Waals surface area contributed by atoms with Gasteiger partial charge in [0.1, 0.15) is 11.4 Å². The maximum absolute atomic E-state index is 12.4. The number of rotatable bonds is 3. The minimum absolute atomic E-state index is 0.149. The molecule has 2 aliphatic heterocycles. The number of hydrogen-bond donors (Lipinski definition) is 2. The van der Waals surface area contributed by atoms with E-state index in [0.717, 1.165) is 82.8 Å². The van der Waals surface area contributed by atoms with Crippen LogP contribution < -0.4 is 4.74 Å². The topological polar surface area (TPSA) is 77.4 Å². The molecule has 6 nitrogen and oxygen atoms in total. The van der Waals surface area contributed by atoms with Crippen LogP contribution in [0.1, 0.15) is 94.6 Å². The molecule has 46 heavy (non-hydrogen) atoms. The van der Waals surface area contributed by atoms with Gasteiger partial charge in [0.25, 0.3) is 0 Å². The Labute approximate surface area is 274 Å². The summed E-state index contributed by atoms with van der Waals surface area (Å²) < 4.78 is 24.5. The van der Waals surface area contributed by atoms with Crippen LogP contribution in [0, 0.1) is 35.0 Å². The molecule has 0 amide bonds.